The molecule has 1 heterocycles. The third kappa shape index (κ3) is 8.95. The van der Waals surface area contributed by atoms with Crippen LogP contribution in [-0.2, 0) is 9.53 Å². The zero-order valence-electron chi connectivity index (χ0n) is 17.2. The Labute approximate surface area is 181 Å². The molecule has 0 bridgehead atoms. The van der Waals surface area contributed by atoms with Crippen LogP contribution in [0.5, 0.6) is 0 Å². The van der Waals surface area contributed by atoms with E-state index >= 15 is 0 Å². The van der Waals surface area contributed by atoms with Crippen LogP contribution in [0.4, 0.5) is 0 Å². The first-order valence-electron chi connectivity index (χ1n) is 10.1. The Morgan fingerprint density at radius 3 is 2.41 bits per heavy atom. The Bertz CT molecular complexity index is 447. The molecule has 0 unspecified atom stereocenters. The monoisotopic (exact) mass is 495 g/mol. The number of rotatable bonds is 7. The second-order valence-corrected chi connectivity index (χ2v) is 7.62. The van der Waals surface area contributed by atoms with E-state index in [9.17, 15) is 4.79 Å². The molecule has 0 aromatic heterocycles. The maximum Gasteiger partial charge on any atom is 0.243 e. The fourth-order valence-corrected chi connectivity index (χ4v) is 3.76. The fourth-order valence-electron chi connectivity index (χ4n) is 3.76. The molecule has 8 heteroatoms. The number of nitrogens with zero attached hydrogens (tertiary/aromatic N) is 3. The average Bonchev–Trinajstić information content (AvgIpc) is 2.67. The molecule has 2 N–H and O–H groups in total. The summed E-state index contributed by atoms with van der Waals surface area (Å²) < 4.78 is 5.10. The lowest BCUT2D eigenvalue weighted by atomic mass is 9.92. The van der Waals surface area contributed by atoms with Crippen molar-refractivity contribution in [3.05, 3.63) is 0 Å². The van der Waals surface area contributed by atoms with E-state index in [2.05, 4.69) is 20.5 Å². The predicted octanol–water partition coefficient (Wildman–Crippen LogP) is 1.67. The average molecular weight is 495 g/mol. The van der Waals surface area contributed by atoms with Gasteiger partial charge in [-0.2, -0.15) is 0 Å². The summed E-state index contributed by atoms with van der Waals surface area (Å²) in [4.78, 5) is 20.5. The van der Waals surface area contributed by atoms with Crippen molar-refractivity contribution < 1.29 is 9.53 Å². The number of likely N-dealkylation sites (N-methyl/N-ethyl adjacent to an activating group) is 1. The summed E-state index contributed by atoms with van der Waals surface area (Å²) in [7, 11) is 5.19. The minimum absolute atomic E-state index is 0. The number of piperidine rings is 1. The molecule has 27 heavy (non-hydrogen) atoms. The lowest BCUT2D eigenvalue weighted by molar-refractivity contribution is -0.127. The Morgan fingerprint density at radius 2 is 1.81 bits per heavy atom. The fraction of sp³-hybridized carbons (Fsp3) is 0.895. The zero-order valence-corrected chi connectivity index (χ0v) is 19.5. The van der Waals surface area contributed by atoms with Crippen LogP contribution >= 0.6 is 24.0 Å². The number of aliphatic imine (C=N–C) groups is 1. The van der Waals surface area contributed by atoms with Crippen LogP contribution in [0.3, 0.4) is 0 Å². The summed E-state index contributed by atoms with van der Waals surface area (Å²) in [6, 6.07) is 1.22. The summed E-state index contributed by atoms with van der Waals surface area (Å²) in [5.41, 5.74) is 0. The Morgan fingerprint density at radius 1 is 1.15 bits per heavy atom. The minimum Gasteiger partial charge on any atom is -0.383 e. The molecule has 7 nitrogen and oxygen atoms in total. The number of carbonyl (C=O) groups excluding carboxylic acids is 1. The molecule has 1 aliphatic carbocycles. The molecule has 1 aliphatic heterocycles. The molecular weight excluding hydrogens is 457 g/mol. The molecule has 2 fully saturated rings. The number of hydrogen-bond acceptors (Lipinski definition) is 4. The number of likely N-dealkylation sites (tertiary alicyclic amines) is 1. The first kappa shape index (κ1) is 24.4. The Balaban J connectivity index is 0.00000364. The molecule has 0 aromatic carbocycles. The first-order chi connectivity index (χ1) is 12.6. The van der Waals surface area contributed by atoms with Gasteiger partial charge in [0.15, 0.2) is 5.96 Å². The second kappa shape index (κ2) is 13.5. The van der Waals surface area contributed by atoms with Crippen LogP contribution in [0.25, 0.3) is 0 Å². The van der Waals surface area contributed by atoms with Gasteiger partial charge >= 0.3 is 0 Å². The van der Waals surface area contributed by atoms with Crippen molar-refractivity contribution in [1.29, 1.82) is 0 Å². The van der Waals surface area contributed by atoms with E-state index in [0.717, 1.165) is 32.0 Å². The van der Waals surface area contributed by atoms with E-state index in [1.54, 1.807) is 26.1 Å². The predicted molar refractivity (Wildman–Crippen MR) is 121 cm³/mol. The molecule has 0 aromatic rings. The van der Waals surface area contributed by atoms with Crippen LogP contribution in [0.2, 0.25) is 0 Å². The molecule has 0 radical (unpaired) electrons. The molecule has 2 rings (SSSR count). The third-order valence-electron chi connectivity index (χ3n) is 5.43. The molecule has 0 spiro atoms. The number of carbonyl (C=O) groups is 1. The first-order valence-corrected chi connectivity index (χ1v) is 10.1. The number of hydrogen-bond donors (Lipinski definition) is 2. The van der Waals surface area contributed by atoms with Gasteiger partial charge in [-0.15, -0.1) is 24.0 Å². The number of nitrogens with one attached hydrogen (secondary N) is 2. The van der Waals surface area contributed by atoms with E-state index in [1.807, 2.05) is 0 Å². The second-order valence-electron chi connectivity index (χ2n) is 7.62. The Hall–Kier alpha value is -0.610. The van der Waals surface area contributed by atoms with E-state index in [1.165, 1.54) is 32.1 Å². The highest BCUT2D eigenvalue weighted by molar-refractivity contribution is 14.0. The van der Waals surface area contributed by atoms with Crippen LogP contribution < -0.4 is 10.6 Å². The van der Waals surface area contributed by atoms with Gasteiger partial charge in [0.05, 0.1) is 6.61 Å². The maximum atomic E-state index is 11.8. The van der Waals surface area contributed by atoms with Gasteiger partial charge in [0.1, 0.15) is 6.54 Å². The highest BCUT2D eigenvalue weighted by atomic mass is 127. The van der Waals surface area contributed by atoms with Crippen LogP contribution in [0.1, 0.15) is 44.9 Å². The SMILES string of the molecule is COCCNC(=NCC(=O)N(C)C)NC1CCN(C2CCCCC2)CC1.I. The van der Waals surface area contributed by atoms with Crippen molar-refractivity contribution >= 4 is 35.8 Å². The van der Waals surface area contributed by atoms with E-state index < -0.39 is 0 Å². The molecule has 1 saturated heterocycles. The molecule has 158 valence electrons. The van der Waals surface area contributed by atoms with Crippen molar-refractivity contribution in [2.45, 2.75) is 57.0 Å². The smallest absolute Gasteiger partial charge is 0.243 e. The quantitative estimate of drug-likeness (QED) is 0.244. The van der Waals surface area contributed by atoms with E-state index in [0.29, 0.717) is 25.2 Å². The van der Waals surface area contributed by atoms with Gasteiger partial charge in [-0.25, -0.2) is 4.99 Å². The zero-order chi connectivity index (χ0) is 18.8. The molecule has 2 aliphatic rings. The van der Waals surface area contributed by atoms with Crippen molar-refractivity contribution in [2.24, 2.45) is 4.99 Å². The van der Waals surface area contributed by atoms with Gasteiger partial charge < -0.3 is 25.2 Å². The maximum absolute atomic E-state index is 11.8. The summed E-state index contributed by atoms with van der Waals surface area (Å²) in [5, 5.41) is 6.78. The number of halogens is 1. The van der Waals surface area contributed by atoms with Gasteiger partial charge in [0.25, 0.3) is 0 Å². The van der Waals surface area contributed by atoms with Gasteiger partial charge in [0.2, 0.25) is 5.91 Å². The van der Waals surface area contributed by atoms with Crippen molar-refractivity contribution in [1.82, 2.24) is 20.4 Å². The summed E-state index contributed by atoms with van der Waals surface area (Å²) in [5.74, 6) is 0.721. The number of ether oxygens (including phenoxy) is 1. The highest BCUT2D eigenvalue weighted by Crippen LogP contribution is 2.25. The van der Waals surface area contributed by atoms with Crippen molar-refractivity contribution in [2.75, 3.05) is 54.0 Å². The van der Waals surface area contributed by atoms with Crippen LogP contribution in [-0.4, -0.2) is 87.7 Å². The largest absolute Gasteiger partial charge is 0.383 e. The van der Waals surface area contributed by atoms with Crippen molar-refractivity contribution in [3.8, 4) is 0 Å². The minimum atomic E-state index is 0. The standard InChI is InChI=1S/C19H37N5O2.HI/c1-23(2)18(25)15-21-19(20-11-14-26-3)22-16-9-12-24(13-10-16)17-7-5-4-6-8-17;/h16-17H,4-15H2,1-3H3,(H2,20,21,22);1H. The topological polar surface area (TPSA) is 69.2 Å². The molecule has 0 atom stereocenters. The lowest BCUT2D eigenvalue weighted by Gasteiger charge is -2.39. The summed E-state index contributed by atoms with van der Waals surface area (Å²) in [6.07, 6.45) is 9.19. The summed E-state index contributed by atoms with van der Waals surface area (Å²) in [6.45, 7) is 3.77. The van der Waals surface area contributed by atoms with Gasteiger partial charge in [-0.05, 0) is 25.7 Å². The van der Waals surface area contributed by atoms with Crippen molar-refractivity contribution in [3.63, 3.8) is 0 Å². The van der Waals surface area contributed by atoms with Crippen LogP contribution in [0, 0.1) is 0 Å². The molecule has 1 saturated carbocycles. The Kier molecular flexibility index (Phi) is 12.3. The molecular formula is C19H38IN5O2. The number of amides is 1. The molecule has 1 amide bonds. The van der Waals surface area contributed by atoms with Crippen LogP contribution in [0.15, 0.2) is 4.99 Å². The van der Waals surface area contributed by atoms with Gasteiger partial charge in [-0.3, -0.25) is 4.79 Å². The highest BCUT2D eigenvalue weighted by Gasteiger charge is 2.26. The number of guanidine groups is 1. The van der Waals surface area contributed by atoms with Gasteiger partial charge in [-0.1, -0.05) is 19.3 Å². The summed E-state index contributed by atoms with van der Waals surface area (Å²) >= 11 is 0. The number of methoxy groups -OCH3 is 1. The van der Waals surface area contributed by atoms with E-state index in [4.69, 9.17) is 4.74 Å². The normalized spacial score (nSPS) is 20.0. The third-order valence-corrected chi connectivity index (χ3v) is 5.43. The van der Waals surface area contributed by atoms with E-state index in [-0.39, 0.29) is 36.4 Å². The van der Waals surface area contributed by atoms with Gasteiger partial charge in [0, 0.05) is 52.9 Å². The lowest BCUT2D eigenvalue weighted by Crippen LogP contribution is -2.51.